The smallest absolute Gasteiger partial charge is 0.227 e. The number of carbonyl (C=O) groups excluding carboxylic acids is 1. The van der Waals surface area contributed by atoms with Gasteiger partial charge in [0.05, 0.1) is 6.42 Å². The van der Waals surface area contributed by atoms with E-state index >= 15 is 0 Å². The van der Waals surface area contributed by atoms with E-state index < -0.39 is 0 Å². The van der Waals surface area contributed by atoms with Crippen LogP contribution >= 0.6 is 11.6 Å². The van der Waals surface area contributed by atoms with Gasteiger partial charge < -0.3 is 10.2 Å². The van der Waals surface area contributed by atoms with Crippen LogP contribution in [0.4, 0.5) is 0 Å². The van der Waals surface area contributed by atoms with Gasteiger partial charge in [0.15, 0.2) is 0 Å². The van der Waals surface area contributed by atoms with Gasteiger partial charge in [0, 0.05) is 18.1 Å². The summed E-state index contributed by atoms with van der Waals surface area (Å²) in [6.07, 6.45) is 2.61. The van der Waals surface area contributed by atoms with Crippen molar-refractivity contribution in [3.8, 4) is 0 Å². The maximum absolute atomic E-state index is 12.3. The summed E-state index contributed by atoms with van der Waals surface area (Å²) in [6, 6.07) is 7.59. The van der Waals surface area contributed by atoms with Gasteiger partial charge in [-0.05, 0) is 43.5 Å². The molecule has 1 aliphatic rings. The molecule has 1 aromatic rings. The van der Waals surface area contributed by atoms with E-state index in [4.69, 9.17) is 11.6 Å². The summed E-state index contributed by atoms with van der Waals surface area (Å²) in [4.78, 5) is 14.3. The first-order valence-electron chi connectivity index (χ1n) is 7.42. The Morgan fingerprint density at radius 1 is 1.35 bits per heavy atom. The number of amides is 1. The van der Waals surface area contributed by atoms with Crippen LogP contribution in [0.25, 0.3) is 0 Å². The topological polar surface area (TPSA) is 32.3 Å². The first kappa shape index (κ1) is 15.3. The SMILES string of the molecule is CCNCC1CCN(C(=O)Cc2ccccc2Cl)CC1. The number of carbonyl (C=O) groups is 1. The third-order valence-corrected chi connectivity index (χ3v) is 4.32. The number of hydrogen-bond acceptors (Lipinski definition) is 2. The summed E-state index contributed by atoms with van der Waals surface area (Å²) in [5, 5.41) is 4.07. The molecule has 2 rings (SSSR count). The highest BCUT2D eigenvalue weighted by Gasteiger charge is 2.22. The molecule has 1 saturated heterocycles. The Morgan fingerprint density at radius 3 is 2.70 bits per heavy atom. The maximum atomic E-state index is 12.3. The van der Waals surface area contributed by atoms with Crippen molar-refractivity contribution in [1.29, 1.82) is 0 Å². The van der Waals surface area contributed by atoms with Gasteiger partial charge in [0.1, 0.15) is 0 Å². The normalized spacial score (nSPS) is 16.4. The summed E-state index contributed by atoms with van der Waals surface area (Å²) in [6.45, 7) is 5.97. The lowest BCUT2D eigenvalue weighted by molar-refractivity contribution is -0.131. The Kier molecular flexibility index (Phi) is 5.86. The molecule has 0 unspecified atom stereocenters. The van der Waals surface area contributed by atoms with Crippen molar-refractivity contribution in [1.82, 2.24) is 10.2 Å². The van der Waals surface area contributed by atoms with Gasteiger partial charge in [-0.25, -0.2) is 0 Å². The molecular weight excluding hydrogens is 272 g/mol. The zero-order valence-electron chi connectivity index (χ0n) is 12.1. The van der Waals surface area contributed by atoms with Gasteiger partial charge in [-0.1, -0.05) is 36.7 Å². The molecule has 1 N–H and O–H groups in total. The predicted molar refractivity (Wildman–Crippen MR) is 83.0 cm³/mol. The van der Waals surface area contributed by atoms with Crippen LogP contribution in [0.5, 0.6) is 0 Å². The highest BCUT2D eigenvalue weighted by atomic mass is 35.5. The van der Waals surface area contributed by atoms with E-state index in [2.05, 4.69) is 12.2 Å². The van der Waals surface area contributed by atoms with Gasteiger partial charge in [-0.2, -0.15) is 0 Å². The Balaban J connectivity index is 1.82. The molecule has 1 heterocycles. The van der Waals surface area contributed by atoms with Crippen LogP contribution in [0.15, 0.2) is 24.3 Å². The molecule has 0 aromatic heterocycles. The molecule has 3 nitrogen and oxygen atoms in total. The highest BCUT2D eigenvalue weighted by Crippen LogP contribution is 2.20. The Labute approximate surface area is 126 Å². The molecule has 1 amide bonds. The number of nitrogens with zero attached hydrogens (tertiary/aromatic N) is 1. The second kappa shape index (κ2) is 7.65. The summed E-state index contributed by atoms with van der Waals surface area (Å²) in [5.74, 6) is 0.902. The Morgan fingerprint density at radius 2 is 2.05 bits per heavy atom. The third-order valence-electron chi connectivity index (χ3n) is 3.95. The van der Waals surface area contributed by atoms with Crippen LogP contribution in [-0.4, -0.2) is 37.0 Å². The van der Waals surface area contributed by atoms with Gasteiger partial charge in [0.25, 0.3) is 0 Å². The van der Waals surface area contributed by atoms with Gasteiger partial charge >= 0.3 is 0 Å². The lowest BCUT2D eigenvalue weighted by Crippen LogP contribution is -2.41. The average molecular weight is 295 g/mol. The van der Waals surface area contributed by atoms with Crippen molar-refractivity contribution in [3.05, 3.63) is 34.9 Å². The van der Waals surface area contributed by atoms with Crippen LogP contribution in [0.2, 0.25) is 5.02 Å². The van der Waals surface area contributed by atoms with Crippen LogP contribution in [0.1, 0.15) is 25.3 Å². The summed E-state index contributed by atoms with van der Waals surface area (Å²) in [7, 11) is 0. The van der Waals surface area contributed by atoms with Crippen LogP contribution < -0.4 is 5.32 Å². The molecule has 110 valence electrons. The van der Waals surface area contributed by atoms with Crippen molar-refractivity contribution in [3.63, 3.8) is 0 Å². The fourth-order valence-electron chi connectivity index (χ4n) is 2.65. The van der Waals surface area contributed by atoms with E-state index in [1.54, 1.807) is 0 Å². The number of benzene rings is 1. The van der Waals surface area contributed by atoms with Gasteiger partial charge in [0.2, 0.25) is 5.91 Å². The van der Waals surface area contributed by atoms with E-state index in [9.17, 15) is 4.79 Å². The minimum Gasteiger partial charge on any atom is -0.342 e. The van der Waals surface area contributed by atoms with Crippen molar-refractivity contribution >= 4 is 17.5 Å². The van der Waals surface area contributed by atoms with E-state index in [0.717, 1.165) is 44.6 Å². The largest absolute Gasteiger partial charge is 0.342 e. The Bertz CT molecular complexity index is 442. The molecule has 1 aromatic carbocycles. The minimum atomic E-state index is 0.194. The quantitative estimate of drug-likeness (QED) is 0.906. The molecule has 0 spiro atoms. The van der Waals surface area contributed by atoms with Crippen LogP contribution in [0, 0.1) is 5.92 Å². The zero-order valence-corrected chi connectivity index (χ0v) is 12.8. The number of hydrogen-bond donors (Lipinski definition) is 1. The fourth-order valence-corrected chi connectivity index (χ4v) is 2.85. The maximum Gasteiger partial charge on any atom is 0.227 e. The van der Waals surface area contributed by atoms with Crippen molar-refractivity contribution in [2.45, 2.75) is 26.2 Å². The number of nitrogens with one attached hydrogen (secondary N) is 1. The van der Waals surface area contributed by atoms with Gasteiger partial charge in [-0.15, -0.1) is 0 Å². The number of piperidine rings is 1. The second-order valence-corrected chi connectivity index (χ2v) is 5.81. The average Bonchev–Trinajstić information content (AvgIpc) is 2.48. The van der Waals surface area contributed by atoms with E-state index in [1.165, 1.54) is 0 Å². The number of likely N-dealkylation sites (tertiary alicyclic amines) is 1. The Hall–Kier alpha value is -1.06. The predicted octanol–water partition coefficient (Wildman–Crippen LogP) is 2.73. The van der Waals surface area contributed by atoms with Crippen molar-refractivity contribution in [2.75, 3.05) is 26.2 Å². The van der Waals surface area contributed by atoms with E-state index in [0.29, 0.717) is 17.4 Å². The lowest BCUT2D eigenvalue weighted by atomic mass is 9.96. The molecule has 0 radical (unpaired) electrons. The first-order valence-corrected chi connectivity index (χ1v) is 7.80. The molecule has 4 heteroatoms. The molecule has 0 saturated carbocycles. The molecule has 0 aliphatic carbocycles. The highest BCUT2D eigenvalue weighted by molar-refractivity contribution is 6.31. The molecule has 0 atom stereocenters. The minimum absolute atomic E-state index is 0.194. The summed E-state index contributed by atoms with van der Waals surface area (Å²) >= 11 is 6.11. The molecule has 0 bridgehead atoms. The number of rotatable bonds is 5. The molecule has 1 aliphatic heterocycles. The summed E-state index contributed by atoms with van der Waals surface area (Å²) in [5.41, 5.74) is 0.925. The molecule has 20 heavy (non-hydrogen) atoms. The van der Waals surface area contributed by atoms with Crippen LogP contribution in [0.3, 0.4) is 0 Å². The van der Waals surface area contributed by atoms with E-state index in [-0.39, 0.29) is 5.91 Å². The zero-order chi connectivity index (χ0) is 14.4. The third kappa shape index (κ3) is 4.22. The molecule has 1 fully saturated rings. The lowest BCUT2D eigenvalue weighted by Gasteiger charge is -2.32. The second-order valence-electron chi connectivity index (χ2n) is 5.40. The standard InChI is InChI=1S/C16H23ClN2O/c1-2-18-12-13-7-9-19(10-8-13)16(20)11-14-5-3-4-6-15(14)17/h3-6,13,18H,2,7-12H2,1H3. The number of halogens is 1. The summed E-state index contributed by atoms with van der Waals surface area (Å²) < 4.78 is 0. The van der Waals surface area contributed by atoms with Crippen molar-refractivity contribution < 1.29 is 4.79 Å². The van der Waals surface area contributed by atoms with Gasteiger partial charge in [-0.3, -0.25) is 4.79 Å². The van der Waals surface area contributed by atoms with Crippen LogP contribution in [-0.2, 0) is 11.2 Å². The monoisotopic (exact) mass is 294 g/mol. The van der Waals surface area contributed by atoms with E-state index in [1.807, 2.05) is 29.2 Å². The van der Waals surface area contributed by atoms with Crippen molar-refractivity contribution in [2.24, 2.45) is 5.92 Å². The fraction of sp³-hybridized carbons (Fsp3) is 0.562. The first-order chi connectivity index (χ1) is 9.70. The molecular formula is C16H23ClN2O.